The van der Waals surface area contributed by atoms with Gasteiger partial charge in [-0.3, -0.25) is 0 Å². The van der Waals surface area contributed by atoms with Crippen LogP contribution in [0.15, 0.2) is 18.2 Å². The molecule has 1 fully saturated rings. The summed E-state index contributed by atoms with van der Waals surface area (Å²) in [5, 5.41) is 3.45. The molecule has 1 aliphatic rings. The molecule has 0 aromatic heterocycles. The molecule has 0 saturated carbocycles. The van der Waals surface area contributed by atoms with Gasteiger partial charge in [-0.15, -0.1) is 0 Å². The summed E-state index contributed by atoms with van der Waals surface area (Å²) in [6.07, 6.45) is 2.02. The van der Waals surface area contributed by atoms with Crippen molar-refractivity contribution in [3.63, 3.8) is 0 Å². The number of hydrogen-bond acceptors (Lipinski definition) is 3. The van der Waals surface area contributed by atoms with Gasteiger partial charge in [0.05, 0.1) is 12.3 Å². The Morgan fingerprint density at radius 3 is 3.00 bits per heavy atom. The van der Waals surface area contributed by atoms with Gasteiger partial charge in [0.25, 0.3) is 0 Å². The van der Waals surface area contributed by atoms with Crippen LogP contribution in [-0.2, 0) is 4.74 Å². The molecule has 20 heavy (non-hydrogen) atoms. The molecule has 0 aliphatic carbocycles. The van der Waals surface area contributed by atoms with E-state index in [0.29, 0.717) is 6.61 Å². The van der Waals surface area contributed by atoms with E-state index < -0.39 is 0 Å². The zero-order valence-corrected chi connectivity index (χ0v) is 12.5. The average molecular weight is 280 g/mol. The fraction of sp³-hybridized carbons (Fsp3) is 0.625. The lowest BCUT2D eigenvalue weighted by Gasteiger charge is -2.28. The first kappa shape index (κ1) is 15.3. The molecule has 3 nitrogen and oxygen atoms in total. The maximum absolute atomic E-state index is 14.3. The number of nitrogens with zero attached hydrogens (tertiary/aromatic N) is 1. The normalized spacial score (nSPS) is 17.9. The minimum absolute atomic E-state index is 0.130. The highest BCUT2D eigenvalue weighted by atomic mass is 19.1. The van der Waals surface area contributed by atoms with Gasteiger partial charge in [-0.25, -0.2) is 4.39 Å². The first-order chi connectivity index (χ1) is 9.74. The number of rotatable bonds is 5. The SMILES string of the molecule is CCCNC(C)c1cccc(F)c1N1CCCOCC1. The molecule has 0 radical (unpaired) electrons. The molecule has 1 aromatic carbocycles. The lowest BCUT2D eigenvalue weighted by Crippen LogP contribution is -2.30. The maximum atomic E-state index is 14.3. The third kappa shape index (κ3) is 3.70. The lowest BCUT2D eigenvalue weighted by atomic mass is 10.0. The van der Waals surface area contributed by atoms with Crippen molar-refractivity contribution in [1.29, 1.82) is 0 Å². The minimum Gasteiger partial charge on any atom is -0.380 e. The summed E-state index contributed by atoms with van der Waals surface area (Å²) in [5.41, 5.74) is 1.79. The molecule has 1 aliphatic heterocycles. The van der Waals surface area contributed by atoms with Crippen LogP contribution in [0.3, 0.4) is 0 Å². The monoisotopic (exact) mass is 280 g/mol. The van der Waals surface area contributed by atoms with Crippen LogP contribution in [0.5, 0.6) is 0 Å². The zero-order valence-electron chi connectivity index (χ0n) is 12.5. The molecule has 1 atom stereocenters. The molecule has 1 unspecified atom stereocenters. The number of para-hydroxylation sites is 1. The highest BCUT2D eigenvalue weighted by Gasteiger charge is 2.20. The smallest absolute Gasteiger partial charge is 0.146 e. The van der Waals surface area contributed by atoms with Crippen molar-refractivity contribution in [2.75, 3.05) is 37.7 Å². The van der Waals surface area contributed by atoms with Gasteiger partial charge in [0.1, 0.15) is 5.82 Å². The molecular formula is C16H25FN2O. The van der Waals surface area contributed by atoms with E-state index in [1.165, 1.54) is 0 Å². The molecule has 1 aromatic rings. The van der Waals surface area contributed by atoms with Crippen LogP contribution in [-0.4, -0.2) is 32.8 Å². The second-order valence-electron chi connectivity index (χ2n) is 5.31. The van der Waals surface area contributed by atoms with Crippen molar-refractivity contribution in [3.8, 4) is 0 Å². The maximum Gasteiger partial charge on any atom is 0.146 e. The molecule has 0 spiro atoms. The second kappa shape index (κ2) is 7.60. The highest BCUT2D eigenvalue weighted by molar-refractivity contribution is 5.56. The number of ether oxygens (including phenoxy) is 1. The molecular weight excluding hydrogens is 255 g/mol. The number of hydrogen-bond donors (Lipinski definition) is 1. The van der Waals surface area contributed by atoms with Crippen LogP contribution < -0.4 is 10.2 Å². The molecule has 2 rings (SSSR count). The van der Waals surface area contributed by atoms with Crippen LogP contribution in [0.4, 0.5) is 10.1 Å². The molecule has 4 heteroatoms. The van der Waals surface area contributed by atoms with Gasteiger partial charge in [-0.1, -0.05) is 19.1 Å². The number of benzene rings is 1. The van der Waals surface area contributed by atoms with E-state index in [1.807, 2.05) is 6.07 Å². The minimum atomic E-state index is -0.130. The molecule has 112 valence electrons. The van der Waals surface area contributed by atoms with Gasteiger partial charge < -0.3 is 15.0 Å². The topological polar surface area (TPSA) is 24.5 Å². The molecule has 0 amide bonds. The number of nitrogens with one attached hydrogen (secondary N) is 1. The van der Waals surface area contributed by atoms with E-state index in [2.05, 4.69) is 24.1 Å². The quantitative estimate of drug-likeness (QED) is 0.897. The summed E-state index contributed by atoms with van der Waals surface area (Å²) in [5.74, 6) is -0.130. The first-order valence-corrected chi connectivity index (χ1v) is 7.58. The Bertz CT molecular complexity index is 417. The Balaban J connectivity index is 2.25. The average Bonchev–Trinajstić information content (AvgIpc) is 2.73. The summed E-state index contributed by atoms with van der Waals surface area (Å²) in [6.45, 7) is 8.23. The first-order valence-electron chi connectivity index (χ1n) is 7.58. The van der Waals surface area contributed by atoms with Crippen molar-refractivity contribution in [2.45, 2.75) is 32.7 Å². The van der Waals surface area contributed by atoms with E-state index >= 15 is 0 Å². The molecule has 0 bridgehead atoms. The summed E-state index contributed by atoms with van der Waals surface area (Å²) >= 11 is 0. The Morgan fingerprint density at radius 2 is 2.20 bits per heavy atom. The molecule has 1 N–H and O–H groups in total. The van der Waals surface area contributed by atoms with Crippen molar-refractivity contribution < 1.29 is 9.13 Å². The van der Waals surface area contributed by atoms with E-state index in [-0.39, 0.29) is 11.9 Å². The van der Waals surface area contributed by atoms with E-state index in [1.54, 1.807) is 12.1 Å². The zero-order chi connectivity index (χ0) is 14.4. The van der Waals surface area contributed by atoms with E-state index in [0.717, 1.165) is 50.3 Å². The fourth-order valence-electron chi connectivity index (χ4n) is 2.66. The second-order valence-corrected chi connectivity index (χ2v) is 5.31. The summed E-state index contributed by atoms with van der Waals surface area (Å²) in [7, 11) is 0. The predicted molar refractivity (Wildman–Crippen MR) is 80.8 cm³/mol. The van der Waals surface area contributed by atoms with Gasteiger partial charge in [0, 0.05) is 25.7 Å². The fourth-order valence-corrected chi connectivity index (χ4v) is 2.66. The van der Waals surface area contributed by atoms with Crippen LogP contribution >= 0.6 is 0 Å². The van der Waals surface area contributed by atoms with Crippen molar-refractivity contribution in [2.24, 2.45) is 0 Å². The van der Waals surface area contributed by atoms with Crippen molar-refractivity contribution in [3.05, 3.63) is 29.6 Å². The Hall–Kier alpha value is -1.13. The van der Waals surface area contributed by atoms with Gasteiger partial charge in [0.2, 0.25) is 0 Å². The number of anilines is 1. The van der Waals surface area contributed by atoms with E-state index in [4.69, 9.17) is 4.74 Å². The Kier molecular flexibility index (Phi) is 5.80. The third-order valence-corrected chi connectivity index (χ3v) is 3.72. The van der Waals surface area contributed by atoms with Crippen LogP contribution in [0.1, 0.15) is 38.3 Å². The van der Waals surface area contributed by atoms with Crippen molar-refractivity contribution in [1.82, 2.24) is 5.32 Å². The standard InChI is InChI=1S/C16H25FN2O/c1-3-8-18-13(2)14-6-4-7-15(17)16(14)19-9-5-11-20-12-10-19/h4,6-7,13,18H,3,5,8-12H2,1-2H3. The van der Waals surface area contributed by atoms with Gasteiger partial charge in [-0.05, 0) is 37.9 Å². The van der Waals surface area contributed by atoms with Gasteiger partial charge in [0.15, 0.2) is 0 Å². The summed E-state index contributed by atoms with van der Waals surface area (Å²) in [6, 6.07) is 5.53. The lowest BCUT2D eigenvalue weighted by molar-refractivity contribution is 0.152. The van der Waals surface area contributed by atoms with Crippen molar-refractivity contribution >= 4 is 5.69 Å². The number of halogens is 1. The summed E-state index contributed by atoms with van der Waals surface area (Å²) in [4.78, 5) is 2.13. The highest BCUT2D eigenvalue weighted by Crippen LogP contribution is 2.30. The van der Waals surface area contributed by atoms with E-state index in [9.17, 15) is 4.39 Å². The Labute approximate surface area is 121 Å². The molecule has 1 saturated heterocycles. The molecule has 1 heterocycles. The largest absolute Gasteiger partial charge is 0.380 e. The van der Waals surface area contributed by atoms with Crippen LogP contribution in [0, 0.1) is 5.82 Å². The van der Waals surface area contributed by atoms with Crippen LogP contribution in [0.2, 0.25) is 0 Å². The predicted octanol–water partition coefficient (Wildman–Crippen LogP) is 3.11. The van der Waals surface area contributed by atoms with Gasteiger partial charge in [-0.2, -0.15) is 0 Å². The third-order valence-electron chi connectivity index (χ3n) is 3.72. The van der Waals surface area contributed by atoms with Gasteiger partial charge >= 0.3 is 0 Å². The van der Waals surface area contributed by atoms with Crippen LogP contribution in [0.25, 0.3) is 0 Å². The summed E-state index contributed by atoms with van der Waals surface area (Å²) < 4.78 is 19.8. The Morgan fingerprint density at radius 1 is 1.35 bits per heavy atom.